The summed E-state index contributed by atoms with van der Waals surface area (Å²) in [4.78, 5) is 9.99. The maximum atomic E-state index is 11.1. The van der Waals surface area contributed by atoms with Crippen molar-refractivity contribution in [3.8, 4) is 0 Å². The summed E-state index contributed by atoms with van der Waals surface area (Å²) >= 11 is -1.82. The molecule has 0 amide bonds. The van der Waals surface area contributed by atoms with E-state index in [1.165, 1.54) is 24.3 Å². The molecule has 0 radical (unpaired) electrons. The van der Waals surface area contributed by atoms with Crippen LogP contribution in [0.4, 0.5) is 5.69 Å². The van der Waals surface area contributed by atoms with Gasteiger partial charge < -0.3 is 5.73 Å². The van der Waals surface area contributed by atoms with Crippen molar-refractivity contribution in [2.45, 2.75) is 12.1 Å². The van der Waals surface area contributed by atoms with Gasteiger partial charge in [-0.3, -0.25) is 18.5 Å². The van der Waals surface area contributed by atoms with Crippen LogP contribution in [0.15, 0.2) is 24.3 Å². The molecule has 0 spiro atoms. The molecule has 0 bridgehead atoms. The third-order valence-electron chi connectivity index (χ3n) is 2.36. The number of nitrogens with two attached hydrogens (primary N) is 1. The van der Waals surface area contributed by atoms with Crippen LogP contribution in [-0.4, -0.2) is 21.8 Å². The van der Waals surface area contributed by atoms with Crippen molar-refractivity contribution in [3.05, 3.63) is 39.9 Å². The quantitative estimate of drug-likeness (QED) is 0.614. The van der Waals surface area contributed by atoms with Gasteiger partial charge in [0, 0.05) is 12.1 Å². The molecule has 0 unspecified atom stereocenters. The Balaban J connectivity index is 2.21. The number of nitrogens with zero attached hydrogens (tertiary/aromatic N) is 1. The fraction of sp³-hybridized carbons (Fsp3) is 0.333. The van der Waals surface area contributed by atoms with Crippen LogP contribution >= 0.6 is 0 Å². The monoisotopic (exact) mass is 258 g/mol. The van der Waals surface area contributed by atoms with Crippen LogP contribution in [0.25, 0.3) is 0 Å². The smallest absolute Gasteiger partial charge is 0.305 e. The molecular formula is C9H10N2O5S. The maximum Gasteiger partial charge on any atom is 0.305 e. The minimum absolute atomic E-state index is 0.0181. The highest BCUT2D eigenvalue weighted by Gasteiger charge is 2.29. The first-order chi connectivity index (χ1) is 8.08. The molecule has 1 aliphatic rings. The molecule has 7 nitrogen and oxygen atoms in total. The predicted molar refractivity (Wildman–Crippen MR) is 59.0 cm³/mol. The highest BCUT2D eigenvalue weighted by Crippen LogP contribution is 2.27. The van der Waals surface area contributed by atoms with Gasteiger partial charge in [0.1, 0.15) is 6.10 Å². The first-order valence-electron chi connectivity index (χ1n) is 4.80. The van der Waals surface area contributed by atoms with Gasteiger partial charge >= 0.3 is 11.4 Å². The Kier molecular flexibility index (Phi) is 3.48. The number of rotatable bonds is 2. The van der Waals surface area contributed by atoms with Crippen LogP contribution in [0.5, 0.6) is 0 Å². The molecule has 0 aliphatic carbocycles. The largest absolute Gasteiger partial charge is 0.323 e. The van der Waals surface area contributed by atoms with Crippen LogP contribution in [-0.2, 0) is 19.7 Å². The first kappa shape index (κ1) is 12.1. The molecule has 1 fully saturated rings. The summed E-state index contributed by atoms with van der Waals surface area (Å²) in [6.07, 6.45) is -0.578. The van der Waals surface area contributed by atoms with Gasteiger partial charge in [0.15, 0.2) is 0 Å². The predicted octanol–water partition coefficient (Wildman–Crippen LogP) is 0.589. The second-order valence-corrected chi connectivity index (χ2v) is 4.35. The molecule has 1 heterocycles. The van der Waals surface area contributed by atoms with Crippen LogP contribution < -0.4 is 5.73 Å². The molecule has 0 saturated carbocycles. The second kappa shape index (κ2) is 4.88. The summed E-state index contributed by atoms with van der Waals surface area (Å²) in [5.41, 5.74) is 6.37. The van der Waals surface area contributed by atoms with E-state index in [9.17, 15) is 14.3 Å². The SMILES string of the molecule is N[C@@H]1CO[S@](=O)O[C@H]1c1ccc([N+](=O)[O-])cc1. The summed E-state index contributed by atoms with van der Waals surface area (Å²) in [6, 6.07) is 5.32. The van der Waals surface area contributed by atoms with Gasteiger partial charge in [0.25, 0.3) is 5.69 Å². The van der Waals surface area contributed by atoms with Gasteiger partial charge in [-0.25, -0.2) is 0 Å². The van der Waals surface area contributed by atoms with Crippen molar-refractivity contribution in [2.24, 2.45) is 5.73 Å². The fourth-order valence-corrected chi connectivity index (χ4v) is 2.24. The molecule has 1 aliphatic heterocycles. The zero-order valence-corrected chi connectivity index (χ0v) is 9.46. The Bertz CT molecular complexity index is 449. The van der Waals surface area contributed by atoms with E-state index >= 15 is 0 Å². The number of nitro benzene ring substituents is 1. The zero-order chi connectivity index (χ0) is 12.4. The molecule has 0 aromatic heterocycles. The molecule has 3 atom stereocenters. The fourth-order valence-electron chi connectivity index (χ4n) is 1.49. The van der Waals surface area contributed by atoms with E-state index in [1.54, 1.807) is 0 Å². The normalized spacial score (nSPS) is 28.9. The topological polar surface area (TPSA) is 105 Å². The molecule has 17 heavy (non-hydrogen) atoms. The average molecular weight is 258 g/mol. The Hall–Kier alpha value is -1.35. The van der Waals surface area contributed by atoms with Crippen LogP contribution in [0.2, 0.25) is 0 Å². The number of non-ortho nitro benzene ring substituents is 1. The van der Waals surface area contributed by atoms with Crippen molar-refractivity contribution in [2.75, 3.05) is 6.61 Å². The van der Waals surface area contributed by atoms with E-state index in [0.717, 1.165) is 0 Å². The molecule has 8 heteroatoms. The lowest BCUT2D eigenvalue weighted by Crippen LogP contribution is -2.39. The highest BCUT2D eigenvalue weighted by molar-refractivity contribution is 7.75. The van der Waals surface area contributed by atoms with E-state index in [2.05, 4.69) is 0 Å². The summed E-state index contributed by atoms with van der Waals surface area (Å²) in [5.74, 6) is 0. The van der Waals surface area contributed by atoms with E-state index in [4.69, 9.17) is 14.1 Å². The number of nitro groups is 1. The molecule has 2 rings (SSSR count). The van der Waals surface area contributed by atoms with Gasteiger partial charge in [0.05, 0.1) is 17.6 Å². The Morgan fingerprint density at radius 2 is 2.06 bits per heavy atom. The second-order valence-electron chi connectivity index (χ2n) is 3.52. The molecule has 1 aromatic rings. The number of hydrogen-bond acceptors (Lipinski definition) is 6. The summed E-state index contributed by atoms with van der Waals surface area (Å²) < 4.78 is 20.8. The lowest BCUT2D eigenvalue weighted by molar-refractivity contribution is -0.384. The summed E-state index contributed by atoms with van der Waals surface area (Å²) in [7, 11) is 0. The third-order valence-corrected chi connectivity index (χ3v) is 3.05. The van der Waals surface area contributed by atoms with Gasteiger partial charge in [-0.1, -0.05) is 0 Å². The van der Waals surface area contributed by atoms with Crippen molar-refractivity contribution in [1.29, 1.82) is 0 Å². The Labute approximate surface area is 99.5 Å². The standard InChI is InChI=1S/C9H10N2O5S/c10-8-5-15-17(14)16-9(8)6-1-3-7(4-2-6)11(12)13/h1-4,8-9H,5,10H2/t8-,9+,17+/m1/s1. The summed E-state index contributed by atoms with van der Waals surface area (Å²) in [6.45, 7) is 0.119. The number of hydrogen-bond donors (Lipinski definition) is 1. The van der Waals surface area contributed by atoms with Crippen molar-refractivity contribution < 1.29 is 17.5 Å². The van der Waals surface area contributed by atoms with Gasteiger partial charge in [-0.2, -0.15) is 4.21 Å². The number of benzene rings is 1. The lowest BCUT2D eigenvalue weighted by Gasteiger charge is -2.27. The molecule has 1 saturated heterocycles. The molecule has 2 N–H and O–H groups in total. The lowest BCUT2D eigenvalue weighted by atomic mass is 10.0. The van der Waals surface area contributed by atoms with Crippen LogP contribution in [0.3, 0.4) is 0 Å². The van der Waals surface area contributed by atoms with Crippen molar-refractivity contribution in [1.82, 2.24) is 0 Å². The minimum Gasteiger partial charge on any atom is -0.323 e. The molecule has 92 valence electrons. The highest BCUT2D eigenvalue weighted by atomic mass is 32.2. The van der Waals surface area contributed by atoms with Crippen LogP contribution in [0.1, 0.15) is 11.7 Å². The third kappa shape index (κ3) is 2.67. The minimum atomic E-state index is -1.82. The Morgan fingerprint density at radius 3 is 2.65 bits per heavy atom. The summed E-state index contributed by atoms with van der Waals surface area (Å²) in [5, 5.41) is 10.5. The van der Waals surface area contributed by atoms with E-state index < -0.39 is 28.4 Å². The van der Waals surface area contributed by atoms with E-state index in [-0.39, 0.29) is 12.3 Å². The Morgan fingerprint density at radius 1 is 1.41 bits per heavy atom. The first-order valence-corrected chi connectivity index (χ1v) is 5.80. The maximum absolute atomic E-state index is 11.1. The van der Waals surface area contributed by atoms with Crippen LogP contribution in [0, 0.1) is 10.1 Å². The van der Waals surface area contributed by atoms with Gasteiger partial charge in [0.2, 0.25) is 0 Å². The van der Waals surface area contributed by atoms with Crippen molar-refractivity contribution >= 4 is 17.0 Å². The van der Waals surface area contributed by atoms with Crippen molar-refractivity contribution in [3.63, 3.8) is 0 Å². The van der Waals surface area contributed by atoms with Gasteiger partial charge in [-0.15, -0.1) is 0 Å². The van der Waals surface area contributed by atoms with E-state index in [0.29, 0.717) is 5.56 Å². The van der Waals surface area contributed by atoms with E-state index in [1.807, 2.05) is 0 Å². The van der Waals surface area contributed by atoms with Gasteiger partial charge in [-0.05, 0) is 17.7 Å². The average Bonchev–Trinajstić information content (AvgIpc) is 2.32. The molecular weight excluding hydrogens is 248 g/mol. The molecule has 1 aromatic carbocycles. The zero-order valence-electron chi connectivity index (χ0n) is 8.65.